The van der Waals surface area contributed by atoms with Gasteiger partial charge in [0.1, 0.15) is 11.5 Å². The van der Waals surface area contributed by atoms with E-state index in [0.717, 1.165) is 23.5 Å². The Morgan fingerprint density at radius 3 is 2.62 bits per heavy atom. The molecule has 2 N–H and O–H groups in total. The van der Waals surface area contributed by atoms with Crippen LogP contribution in [0.3, 0.4) is 0 Å². The van der Waals surface area contributed by atoms with Gasteiger partial charge in [-0.15, -0.1) is 0 Å². The van der Waals surface area contributed by atoms with E-state index in [0.29, 0.717) is 13.0 Å². The highest BCUT2D eigenvalue weighted by atomic mass is 35.5. The fourth-order valence-electron chi connectivity index (χ4n) is 3.08. The Morgan fingerprint density at radius 2 is 1.88 bits per heavy atom. The van der Waals surface area contributed by atoms with Crippen LogP contribution in [0, 0.1) is 5.82 Å². The number of benzene rings is 2. The molecule has 1 amide bonds. The monoisotopic (exact) mass is 472 g/mol. The Balaban J connectivity index is 1.45. The van der Waals surface area contributed by atoms with Crippen LogP contribution in [-0.4, -0.2) is 30.3 Å². The Labute approximate surface area is 188 Å². The molecule has 2 heterocycles. The number of rotatable bonds is 7. The van der Waals surface area contributed by atoms with Crippen molar-refractivity contribution in [1.29, 1.82) is 0 Å². The van der Waals surface area contributed by atoms with E-state index in [4.69, 9.17) is 11.6 Å². The van der Waals surface area contributed by atoms with Crippen molar-refractivity contribution in [3.8, 4) is 0 Å². The van der Waals surface area contributed by atoms with Crippen LogP contribution in [-0.2, 0) is 16.4 Å². The number of amides is 1. The molecule has 0 spiro atoms. The fraction of sp³-hybridized carbons (Fsp3) is 0.0909. The van der Waals surface area contributed by atoms with E-state index in [1.165, 1.54) is 30.3 Å². The number of carbonyl (C=O) groups excluding carboxylic acids is 1. The maximum atomic E-state index is 13.1. The predicted octanol–water partition coefficient (Wildman–Crippen LogP) is 3.90. The second-order valence-corrected chi connectivity index (χ2v) is 9.05. The van der Waals surface area contributed by atoms with Gasteiger partial charge in [0.15, 0.2) is 0 Å². The molecule has 32 heavy (non-hydrogen) atoms. The molecule has 4 rings (SSSR count). The smallest absolute Gasteiger partial charge is 0.261 e. The molecule has 2 aromatic heterocycles. The quantitative estimate of drug-likeness (QED) is 0.426. The predicted molar refractivity (Wildman–Crippen MR) is 120 cm³/mol. The van der Waals surface area contributed by atoms with Gasteiger partial charge in [-0.1, -0.05) is 17.7 Å². The van der Waals surface area contributed by atoms with Gasteiger partial charge in [-0.3, -0.25) is 9.52 Å². The van der Waals surface area contributed by atoms with Crippen molar-refractivity contribution in [3.63, 3.8) is 0 Å². The van der Waals surface area contributed by atoms with Crippen LogP contribution < -0.4 is 10.0 Å². The largest absolute Gasteiger partial charge is 0.352 e. The Kier molecular flexibility index (Phi) is 6.11. The van der Waals surface area contributed by atoms with Crippen LogP contribution in [0.1, 0.15) is 16.1 Å². The van der Waals surface area contributed by atoms with Crippen LogP contribution in [0.2, 0.25) is 5.02 Å². The zero-order valence-electron chi connectivity index (χ0n) is 16.6. The summed E-state index contributed by atoms with van der Waals surface area (Å²) in [6.07, 6.45) is 4.26. The summed E-state index contributed by atoms with van der Waals surface area (Å²) in [5.74, 6) is -0.986. The first-order valence-electron chi connectivity index (χ1n) is 9.60. The van der Waals surface area contributed by atoms with E-state index in [2.05, 4.69) is 15.0 Å². The van der Waals surface area contributed by atoms with Gasteiger partial charge in [0.05, 0.1) is 21.2 Å². The summed E-state index contributed by atoms with van der Waals surface area (Å²) in [6.45, 7) is 0.295. The normalized spacial score (nSPS) is 11.4. The summed E-state index contributed by atoms with van der Waals surface area (Å²) in [4.78, 5) is 16.9. The zero-order chi connectivity index (χ0) is 22.7. The number of fused-ring (bicyclic) bond motifs is 1. The molecule has 0 atom stereocenters. The van der Waals surface area contributed by atoms with Crippen LogP contribution >= 0.6 is 11.6 Å². The number of nitrogens with one attached hydrogen (secondary N) is 2. The minimum Gasteiger partial charge on any atom is -0.352 e. The number of nitrogens with zero attached hydrogens (tertiary/aromatic N) is 2. The first-order chi connectivity index (χ1) is 15.3. The SMILES string of the molecule is O=C(NCCc1cn2ccccc2n1)c1cc(S(=O)(=O)Nc2ccc(F)cc2)ccc1Cl. The number of halogens is 2. The van der Waals surface area contributed by atoms with Crippen LogP contribution in [0.5, 0.6) is 0 Å². The minimum absolute atomic E-state index is 0.0312. The lowest BCUT2D eigenvalue weighted by Gasteiger charge is -2.11. The summed E-state index contributed by atoms with van der Waals surface area (Å²) in [7, 11) is -4.00. The van der Waals surface area contributed by atoms with Gasteiger partial charge in [-0.05, 0) is 54.6 Å². The molecule has 0 bridgehead atoms. The van der Waals surface area contributed by atoms with Crippen molar-refractivity contribution in [2.45, 2.75) is 11.3 Å². The van der Waals surface area contributed by atoms with Gasteiger partial charge in [0.2, 0.25) is 0 Å². The number of pyridine rings is 1. The zero-order valence-corrected chi connectivity index (χ0v) is 18.2. The second kappa shape index (κ2) is 8.97. The topological polar surface area (TPSA) is 92.6 Å². The number of aromatic nitrogens is 2. The number of sulfonamides is 1. The molecular formula is C22H18ClFN4O3S. The van der Waals surface area contributed by atoms with E-state index in [-0.39, 0.29) is 21.2 Å². The first-order valence-corrected chi connectivity index (χ1v) is 11.5. The van der Waals surface area contributed by atoms with E-state index in [9.17, 15) is 17.6 Å². The summed E-state index contributed by atoms with van der Waals surface area (Å²) >= 11 is 6.13. The van der Waals surface area contributed by atoms with Crippen LogP contribution in [0.15, 0.2) is 78.0 Å². The molecular weight excluding hydrogens is 455 g/mol. The highest BCUT2D eigenvalue weighted by molar-refractivity contribution is 7.92. The molecule has 4 aromatic rings. The third kappa shape index (κ3) is 4.90. The number of carbonyl (C=O) groups is 1. The lowest BCUT2D eigenvalue weighted by Crippen LogP contribution is -2.26. The molecule has 0 unspecified atom stereocenters. The maximum absolute atomic E-state index is 13.1. The Hall–Kier alpha value is -3.43. The average molecular weight is 473 g/mol. The molecule has 0 aliphatic rings. The Bertz CT molecular complexity index is 1360. The molecule has 0 aliphatic heterocycles. The maximum Gasteiger partial charge on any atom is 0.261 e. The summed E-state index contributed by atoms with van der Waals surface area (Å²) < 4.78 is 42.6. The molecule has 7 nitrogen and oxygen atoms in total. The molecule has 164 valence electrons. The van der Waals surface area contributed by atoms with Gasteiger partial charge >= 0.3 is 0 Å². The summed E-state index contributed by atoms with van der Waals surface area (Å²) in [5, 5.41) is 2.86. The van der Waals surface area contributed by atoms with Gasteiger partial charge in [0, 0.05) is 31.0 Å². The highest BCUT2D eigenvalue weighted by Crippen LogP contribution is 2.23. The highest BCUT2D eigenvalue weighted by Gasteiger charge is 2.19. The average Bonchev–Trinajstić information content (AvgIpc) is 3.18. The van der Waals surface area contributed by atoms with Gasteiger partial charge in [0.25, 0.3) is 15.9 Å². The van der Waals surface area contributed by atoms with Crippen molar-refractivity contribution < 1.29 is 17.6 Å². The lowest BCUT2D eigenvalue weighted by atomic mass is 10.2. The van der Waals surface area contributed by atoms with E-state index >= 15 is 0 Å². The number of anilines is 1. The molecule has 0 radical (unpaired) electrons. The van der Waals surface area contributed by atoms with Crippen molar-refractivity contribution in [1.82, 2.24) is 14.7 Å². The van der Waals surface area contributed by atoms with Crippen LogP contribution in [0.4, 0.5) is 10.1 Å². The minimum atomic E-state index is -4.00. The standard InChI is InChI=1S/C22H18ClFN4O3S/c23-20-9-8-18(32(30,31)27-16-6-4-15(24)5-7-16)13-19(20)22(29)25-11-10-17-14-28-12-2-1-3-21(28)26-17/h1-9,12-14,27H,10-11H2,(H,25,29). The third-order valence-electron chi connectivity index (χ3n) is 4.67. The van der Waals surface area contributed by atoms with Gasteiger partial charge in [-0.2, -0.15) is 0 Å². The summed E-state index contributed by atoms with van der Waals surface area (Å²) in [5.41, 5.74) is 1.84. The van der Waals surface area contributed by atoms with E-state index < -0.39 is 21.7 Å². The molecule has 2 aromatic carbocycles. The number of hydrogen-bond acceptors (Lipinski definition) is 4. The van der Waals surface area contributed by atoms with Crippen LogP contribution in [0.25, 0.3) is 5.65 Å². The number of hydrogen-bond donors (Lipinski definition) is 2. The molecule has 0 saturated heterocycles. The molecule has 10 heteroatoms. The third-order valence-corrected chi connectivity index (χ3v) is 6.38. The van der Waals surface area contributed by atoms with Crippen molar-refractivity contribution in [2.24, 2.45) is 0 Å². The lowest BCUT2D eigenvalue weighted by molar-refractivity contribution is 0.0954. The van der Waals surface area contributed by atoms with Gasteiger partial charge in [-0.25, -0.2) is 17.8 Å². The van der Waals surface area contributed by atoms with E-state index in [1.807, 2.05) is 35.0 Å². The van der Waals surface area contributed by atoms with E-state index in [1.54, 1.807) is 0 Å². The summed E-state index contributed by atoms with van der Waals surface area (Å²) in [6, 6.07) is 14.4. The van der Waals surface area contributed by atoms with Crippen molar-refractivity contribution in [2.75, 3.05) is 11.3 Å². The fourth-order valence-corrected chi connectivity index (χ4v) is 4.37. The molecule has 0 fully saturated rings. The molecule has 0 saturated carbocycles. The van der Waals surface area contributed by atoms with Crippen molar-refractivity contribution >= 4 is 38.9 Å². The van der Waals surface area contributed by atoms with Crippen molar-refractivity contribution in [3.05, 3.63) is 95.2 Å². The first kappa shape index (κ1) is 21.8. The second-order valence-electron chi connectivity index (χ2n) is 6.96. The molecule has 0 aliphatic carbocycles. The number of imidazole rings is 1. The van der Waals surface area contributed by atoms with Gasteiger partial charge < -0.3 is 9.72 Å². The Morgan fingerprint density at radius 1 is 1.09 bits per heavy atom.